The lowest BCUT2D eigenvalue weighted by Gasteiger charge is -2.13. The SMILES string of the molecule is N#Cc1ccc(-c2cc3c(cnn3C[C@H]3CCNC3)nc2OCCCF)cc1. The fourth-order valence-electron chi connectivity index (χ4n) is 3.51. The highest BCUT2D eigenvalue weighted by Gasteiger charge is 2.19. The third kappa shape index (κ3) is 3.82. The monoisotopic (exact) mass is 379 g/mol. The van der Waals surface area contributed by atoms with Crippen molar-refractivity contribution in [2.75, 3.05) is 26.4 Å². The lowest BCUT2D eigenvalue weighted by Crippen LogP contribution is -2.15. The zero-order valence-corrected chi connectivity index (χ0v) is 15.6. The Kier molecular flexibility index (Phi) is 5.49. The second-order valence-electron chi connectivity index (χ2n) is 7.01. The van der Waals surface area contributed by atoms with Gasteiger partial charge in [0.05, 0.1) is 36.6 Å². The Balaban J connectivity index is 1.73. The highest BCUT2D eigenvalue weighted by molar-refractivity contribution is 5.83. The maximum atomic E-state index is 12.5. The highest BCUT2D eigenvalue weighted by Crippen LogP contribution is 2.32. The smallest absolute Gasteiger partial charge is 0.222 e. The van der Waals surface area contributed by atoms with Gasteiger partial charge in [0.2, 0.25) is 5.88 Å². The first-order valence-corrected chi connectivity index (χ1v) is 9.55. The molecule has 0 radical (unpaired) electrons. The summed E-state index contributed by atoms with van der Waals surface area (Å²) in [6.45, 7) is 2.72. The standard InChI is InChI=1S/C21H22FN5O/c22-7-1-9-28-21-18(17-4-2-15(11-23)3-5-17)10-20-19(26-21)13-25-27(20)14-16-6-8-24-12-16/h2-5,10,13,16,24H,1,6-9,12,14H2/t16-/m0/s1. The van der Waals surface area contributed by atoms with Crippen LogP contribution in [0.5, 0.6) is 5.88 Å². The van der Waals surface area contributed by atoms with Crippen LogP contribution in [0.15, 0.2) is 36.5 Å². The largest absolute Gasteiger partial charge is 0.477 e. The van der Waals surface area contributed by atoms with Gasteiger partial charge in [-0.25, -0.2) is 4.98 Å². The molecule has 0 bridgehead atoms. The van der Waals surface area contributed by atoms with Crippen LogP contribution >= 0.6 is 0 Å². The van der Waals surface area contributed by atoms with E-state index in [0.29, 0.717) is 23.8 Å². The molecule has 1 N–H and O–H groups in total. The Morgan fingerprint density at radius 2 is 2.18 bits per heavy atom. The van der Waals surface area contributed by atoms with Gasteiger partial charge in [0.15, 0.2) is 0 Å². The van der Waals surface area contributed by atoms with Crippen molar-refractivity contribution in [1.29, 1.82) is 5.26 Å². The highest BCUT2D eigenvalue weighted by atomic mass is 19.1. The van der Waals surface area contributed by atoms with E-state index in [4.69, 9.17) is 10.00 Å². The van der Waals surface area contributed by atoms with Crippen LogP contribution in [0.25, 0.3) is 22.2 Å². The molecule has 144 valence electrons. The van der Waals surface area contributed by atoms with Crippen molar-refractivity contribution in [3.63, 3.8) is 0 Å². The van der Waals surface area contributed by atoms with E-state index in [1.165, 1.54) is 0 Å². The molecular formula is C21H22FN5O. The van der Waals surface area contributed by atoms with Crippen molar-refractivity contribution < 1.29 is 9.13 Å². The minimum Gasteiger partial charge on any atom is -0.477 e. The molecule has 3 heterocycles. The first-order valence-electron chi connectivity index (χ1n) is 9.55. The molecule has 28 heavy (non-hydrogen) atoms. The summed E-state index contributed by atoms with van der Waals surface area (Å²) in [5.41, 5.74) is 4.03. The zero-order chi connectivity index (χ0) is 19.3. The number of alkyl halides is 1. The molecule has 6 nitrogen and oxygen atoms in total. The molecule has 1 atom stereocenters. The van der Waals surface area contributed by atoms with Crippen LogP contribution in [0.3, 0.4) is 0 Å². The van der Waals surface area contributed by atoms with Gasteiger partial charge in [-0.1, -0.05) is 12.1 Å². The maximum absolute atomic E-state index is 12.5. The molecule has 3 aromatic rings. The van der Waals surface area contributed by atoms with Crippen LogP contribution < -0.4 is 10.1 Å². The van der Waals surface area contributed by atoms with Gasteiger partial charge in [-0.3, -0.25) is 9.07 Å². The third-order valence-corrected chi connectivity index (χ3v) is 5.03. The van der Waals surface area contributed by atoms with Crippen molar-refractivity contribution in [3.8, 4) is 23.1 Å². The molecule has 1 aromatic carbocycles. The molecule has 4 rings (SSSR count). The van der Waals surface area contributed by atoms with Gasteiger partial charge >= 0.3 is 0 Å². The number of hydrogen-bond acceptors (Lipinski definition) is 5. The topological polar surface area (TPSA) is 75.8 Å². The predicted molar refractivity (Wildman–Crippen MR) is 105 cm³/mol. The Morgan fingerprint density at radius 3 is 2.89 bits per heavy atom. The van der Waals surface area contributed by atoms with Gasteiger partial charge in [0.25, 0.3) is 0 Å². The number of benzene rings is 1. The first kappa shape index (κ1) is 18.4. The Labute approximate surface area is 162 Å². The lowest BCUT2D eigenvalue weighted by atomic mass is 10.0. The number of nitrogens with zero attached hydrogens (tertiary/aromatic N) is 4. The van der Waals surface area contributed by atoms with E-state index in [2.05, 4.69) is 21.5 Å². The minimum absolute atomic E-state index is 0.264. The second kappa shape index (κ2) is 8.36. The van der Waals surface area contributed by atoms with Crippen molar-refractivity contribution in [1.82, 2.24) is 20.1 Å². The van der Waals surface area contributed by atoms with E-state index in [1.807, 2.05) is 22.9 Å². The van der Waals surface area contributed by atoms with Gasteiger partial charge in [0.1, 0.15) is 5.52 Å². The normalized spacial score (nSPS) is 16.4. The predicted octanol–water partition coefficient (Wildman–Crippen LogP) is 3.32. The van der Waals surface area contributed by atoms with Crippen LogP contribution in [0, 0.1) is 17.2 Å². The van der Waals surface area contributed by atoms with E-state index in [1.54, 1.807) is 18.3 Å². The molecule has 7 heteroatoms. The van der Waals surface area contributed by atoms with Gasteiger partial charge in [0, 0.05) is 18.5 Å². The summed E-state index contributed by atoms with van der Waals surface area (Å²) in [6, 6.07) is 11.5. The molecule has 1 aliphatic rings. The summed E-state index contributed by atoms with van der Waals surface area (Å²) >= 11 is 0. The maximum Gasteiger partial charge on any atom is 0.222 e. The number of aromatic nitrogens is 3. The number of rotatable bonds is 7. The summed E-state index contributed by atoms with van der Waals surface area (Å²) in [7, 11) is 0. The number of ether oxygens (including phenoxy) is 1. The van der Waals surface area contributed by atoms with Crippen LogP contribution in [0.1, 0.15) is 18.4 Å². The number of nitriles is 1. The molecule has 0 amide bonds. The number of halogens is 1. The first-order chi connectivity index (χ1) is 13.8. The molecule has 0 spiro atoms. The fourth-order valence-corrected chi connectivity index (χ4v) is 3.51. The summed E-state index contributed by atoms with van der Waals surface area (Å²) in [4.78, 5) is 4.65. The van der Waals surface area contributed by atoms with E-state index < -0.39 is 6.67 Å². The summed E-state index contributed by atoms with van der Waals surface area (Å²) in [5, 5.41) is 17.0. The third-order valence-electron chi connectivity index (χ3n) is 5.03. The van der Waals surface area contributed by atoms with Crippen LogP contribution in [0.4, 0.5) is 4.39 Å². The number of fused-ring (bicyclic) bond motifs is 1. The molecule has 0 saturated carbocycles. The Hall–Kier alpha value is -2.98. The number of nitrogens with one attached hydrogen (secondary N) is 1. The van der Waals surface area contributed by atoms with Crippen molar-refractivity contribution >= 4 is 11.0 Å². The fraction of sp³-hybridized carbons (Fsp3) is 0.381. The van der Waals surface area contributed by atoms with Crippen LogP contribution in [-0.2, 0) is 6.54 Å². The van der Waals surface area contributed by atoms with Crippen molar-refractivity contribution in [2.45, 2.75) is 19.4 Å². The lowest BCUT2D eigenvalue weighted by molar-refractivity contribution is 0.282. The summed E-state index contributed by atoms with van der Waals surface area (Å²) in [6.07, 6.45) is 3.21. The Morgan fingerprint density at radius 1 is 1.32 bits per heavy atom. The van der Waals surface area contributed by atoms with Crippen molar-refractivity contribution in [3.05, 3.63) is 42.1 Å². The molecule has 0 unspecified atom stereocenters. The van der Waals surface area contributed by atoms with Gasteiger partial charge in [-0.15, -0.1) is 0 Å². The van der Waals surface area contributed by atoms with Gasteiger partial charge in [-0.2, -0.15) is 10.4 Å². The second-order valence-corrected chi connectivity index (χ2v) is 7.01. The van der Waals surface area contributed by atoms with E-state index in [-0.39, 0.29) is 6.61 Å². The number of hydrogen-bond donors (Lipinski definition) is 1. The number of pyridine rings is 1. The average Bonchev–Trinajstić information content (AvgIpc) is 3.38. The minimum atomic E-state index is -0.429. The van der Waals surface area contributed by atoms with Gasteiger partial charge < -0.3 is 10.1 Å². The van der Waals surface area contributed by atoms with E-state index >= 15 is 0 Å². The zero-order valence-electron chi connectivity index (χ0n) is 15.6. The molecule has 1 saturated heterocycles. The van der Waals surface area contributed by atoms with Crippen LogP contribution in [0.2, 0.25) is 0 Å². The molecular weight excluding hydrogens is 357 g/mol. The molecule has 0 aliphatic carbocycles. The Bertz CT molecular complexity index is 986. The molecule has 1 aliphatic heterocycles. The summed E-state index contributed by atoms with van der Waals surface area (Å²) in [5.74, 6) is 1.02. The van der Waals surface area contributed by atoms with Crippen LogP contribution in [-0.4, -0.2) is 41.1 Å². The molecule has 1 fully saturated rings. The van der Waals surface area contributed by atoms with Gasteiger partial charge in [-0.05, 0) is 49.2 Å². The summed E-state index contributed by atoms with van der Waals surface area (Å²) < 4.78 is 20.3. The quantitative estimate of drug-likeness (QED) is 0.638. The average molecular weight is 379 g/mol. The van der Waals surface area contributed by atoms with Crippen molar-refractivity contribution in [2.24, 2.45) is 5.92 Å². The molecule has 2 aromatic heterocycles. The van der Waals surface area contributed by atoms with E-state index in [9.17, 15) is 4.39 Å². The van der Waals surface area contributed by atoms with E-state index in [0.717, 1.165) is 48.2 Å².